The molecular formula is C18H17ClN2O2S. The van der Waals surface area contributed by atoms with Gasteiger partial charge in [0.2, 0.25) is 11.8 Å². The standard InChI is InChI=1S/C18H17ClN2O2S/c1-12-4-2-7-15(8-12)21-17(23)11-24-18(21)13-5-3-6-14(9-13)20-16(22)10-19/h2-9,18H,10-11H2,1H3,(H,20,22)/t18-/m1/s1. The van der Waals surface area contributed by atoms with Crippen molar-refractivity contribution in [2.45, 2.75) is 12.3 Å². The van der Waals surface area contributed by atoms with E-state index in [1.807, 2.05) is 60.4 Å². The molecule has 0 radical (unpaired) electrons. The maximum Gasteiger partial charge on any atom is 0.239 e. The van der Waals surface area contributed by atoms with E-state index in [9.17, 15) is 9.59 Å². The summed E-state index contributed by atoms with van der Waals surface area (Å²) in [6.45, 7) is 2.01. The molecule has 1 heterocycles. The molecule has 1 saturated heterocycles. The van der Waals surface area contributed by atoms with E-state index in [2.05, 4.69) is 5.32 Å². The van der Waals surface area contributed by atoms with E-state index >= 15 is 0 Å². The Morgan fingerprint density at radius 1 is 1.29 bits per heavy atom. The third kappa shape index (κ3) is 3.57. The smallest absolute Gasteiger partial charge is 0.239 e. The van der Waals surface area contributed by atoms with Crippen LogP contribution in [0.3, 0.4) is 0 Å². The zero-order chi connectivity index (χ0) is 17.1. The highest BCUT2D eigenvalue weighted by Crippen LogP contribution is 2.42. The van der Waals surface area contributed by atoms with Gasteiger partial charge in [-0.2, -0.15) is 0 Å². The van der Waals surface area contributed by atoms with E-state index in [-0.39, 0.29) is 23.1 Å². The minimum Gasteiger partial charge on any atom is -0.325 e. The lowest BCUT2D eigenvalue weighted by molar-refractivity contribution is -0.116. The quantitative estimate of drug-likeness (QED) is 0.840. The summed E-state index contributed by atoms with van der Waals surface area (Å²) in [6, 6.07) is 15.5. The van der Waals surface area contributed by atoms with E-state index in [0.29, 0.717) is 11.4 Å². The van der Waals surface area contributed by atoms with Crippen LogP contribution in [-0.2, 0) is 9.59 Å². The van der Waals surface area contributed by atoms with E-state index < -0.39 is 0 Å². The predicted octanol–water partition coefficient (Wildman–Crippen LogP) is 3.95. The lowest BCUT2D eigenvalue weighted by Gasteiger charge is -2.25. The third-order valence-corrected chi connectivity index (χ3v) is 5.18. The van der Waals surface area contributed by atoms with E-state index in [1.165, 1.54) is 0 Å². The van der Waals surface area contributed by atoms with Gasteiger partial charge in [-0.1, -0.05) is 24.3 Å². The van der Waals surface area contributed by atoms with Gasteiger partial charge in [-0.05, 0) is 42.3 Å². The van der Waals surface area contributed by atoms with Crippen LogP contribution in [0.25, 0.3) is 0 Å². The van der Waals surface area contributed by atoms with Crippen molar-refractivity contribution in [3.05, 3.63) is 59.7 Å². The second kappa shape index (κ2) is 7.28. The monoisotopic (exact) mass is 360 g/mol. The van der Waals surface area contributed by atoms with Gasteiger partial charge in [-0.25, -0.2) is 0 Å². The third-order valence-electron chi connectivity index (χ3n) is 3.72. The summed E-state index contributed by atoms with van der Waals surface area (Å²) in [6.07, 6.45) is 0. The van der Waals surface area contributed by atoms with E-state index in [1.54, 1.807) is 11.8 Å². The minimum atomic E-state index is -0.250. The van der Waals surface area contributed by atoms with E-state index in [0.717, 1.165) is 16.8 Å². The number of nitrogens with zero attached hydrogens (tertiary/aromatic N) is 1. The zero-order valence-corrected chi connectivity index (χ0v) is 14.7. The fraction of sp³-hybridized carbons (Fsp3) is 0.222. The molecule has 4 nitrogen and oxygen atoms in total. The maximum absolute atomic E-state index is 12.4. The molecule has 1 aliphatic heterocycles. The zero-order valence-electron chi connectivity index (χ0n) is 13.2. The molecule has 2 aromatic carbocycles. The highest BCUT2D eigenvalue weighted by molar-refractivity contribution is 8.00. The van der Waals surface area contributed by atoms with Gasteiger partial charge in [0, 0.05) is 11.4 Å². The highest BCUT2D eigenvalue weighted by atomic mass is 35.5. The number of rotatable bonds is 4. The number of carbonyl (C=O) groups is 2. The van der Waals surface area contributed by atoms with Gasteiger partial charge in [-0.15, -0.1) is 23.4 Å². The van der Waals surface area contributed by atoms with Crippen molar-refractivity contribution in [2.24, 2.45) is 0 Å². The molecule has 2 amide bonds. The first-order chi connectivity index (χ1) is 11.6. The van der Waals surface area contributed by atoms with Crippen molar-refractivity contribution in [1.29, 1.82) is 0 Å². The summed E-state index contributed by atoms with van der Waals surface area (Å²) in [7, 11) is 0. The number of halogens is 1. The number of hydrogen-bond acceptors (Lipinski definition) is 3. The molecule has 0 spiro atoms. The van der Waals surface area contributed by atoms with Crippen LogP contribution in [0.4, 0.5) is 11.4 Å². The molecule has 0 saturated carbocycles. The van der Waals surface area contributed by atoms with Crippen molar-refractivity contribution in [1.82, 2.24) is 0 Å². The maximum atomic E-state index is 12.4. The molecule has 3 rings (SSSR count). The number of hydrogen-bond donors (Lipinski definition) is 1. The molecule has 1 atom stereocenters. The Bertz CT molecular complexity index is 781. The van der Waals surface area contributed by atoms with Crippen LogP contribution in [-0.4, -0.2) is 23.4 Å². The van der Waals surface area contributed by atoms with Crippen LogP contribution < -0.4 is 10.2 Å². The van der Waals surface area contributed by atoms with Crippen molar-refractivity contribution in [3.8, 4) is 0 Å². The number of amides is 2. The van der Waals surface area contributed by atoms with Gasteiger partial charge in [-0.3, -0.25) is 14.5 Å². The van der Waals surface area contributed by atoms with Gasteiger partial charge in [0.05, 0.1) is 5.75 Å². The average molecular weight is 361 g/mol. The van der Waals surface area contributed by atoms with Crippen LogP contribution in [0.2, 0.25) is 0 Å². The Kier molecular flexibility index (Phi) is 5.11. The van der Waals surface area contributed by atoms with Crippen LogP contribution in [0.1, 0.15) is 16.5 Å². The number of aryl methyl sites for hydroxylation is 1. The van der Waals surface area contributed by atoms with Crippen LogP contribution >= 0.6 is 23.4 Å². The molecule has 2 aromatic rings. The molecule has 0 aliphatic carbocycles. The molecule has 124 valence electrons. The molecule has 0 bridgehead atoms. The number of benzene rings is 2. The number of thioether (sulfide) groups is 1. The topological polar surface area (TPSA) is 49.4 Å². The fourth-order valence-corrected chi connectivity index (χ4v) is 3.93. The SMILES string of the molecule is Cc1cccc(N2C(=O)CS[C@@H]2c2cccc(NC(=O)CCl)c2)c1. The molecule has 1 aliphatic rings. The summed E-state index contributed by atoms with van der Waals surface area (Å²) in [5.74, 6) is 0.193. The highest BCUT2D eigenvalue weighted by Gasteiger charge is 2.34. The molecule has 0 aromatic heterocycles. The Labute approximate surface area is 150 Å². The first kappa shape index (κ1) is 16.9. The summed E-state index contributed by atoms with van der Waals surface area (Å²) in [4.78, 5) is 25.7. The van der Waals surface area contributed by atoms with Gasteiger partial charge in [0.25, 0.3) is 0 Å². The Hall–Kier alpha value is -1.98. The number of alkyl halides is 1. The summed E-state index contributed by atoms with van der Waals surface area (Å²) in [5.41, 5.74) is 3.66. The summed E-state index contributed by atoms with van der Waals surface area (Å²) < 4.78 is 0. The summed E-state index contributed by atoms with van der Waals surface area (Å²) in [5, 5.41) is 2.64. The predicted molar refractivity (Wildman–Crippen MR) is 99.7 cm³/mol. The van der Waals surface area contributed by atoms with Gasteiger partial charge in [0.1, 0.15) is 11.3 Å². The second-order valence-electron chi connectivity index (χ2n) is 5.57. The number of anilines is 2. The van der Waals surface area contributed by atoms with Gasteiger partial charge in [0.15, 0.2) is 0 Å². The molecule has 1 N–H and O–H groups in total. The van der Waals surface area contributed by atoms with Gasteiger partial charge < -0.3 is 5.32 Å². The van der Waals surface area contributed by atoms with E-state index in [4.69, 9.17) is 11.6 Å². The van der Waals surface area contributed by atoms with Crippen LogP contribution in [0.15, 0.2) is 48.5 Å². The lowest BCUT2D eigenvalue weighted by atomic mass is 10.1. The van der Waals surface area contributed by atoms with Crippen molar-refractivity contribution < 1.29 is 9.59 Å². The lowest BCUT2D eigenvalue weighted by Crippen LogP contribution is -2.27. The number of nitrogens with one attached hydrogen (secondary N) is 1. The first-order valence-corrected chi connectivity index (χ1v) is 9.13. The first-order valence-electron chi connectivity index (χ1n) is 7.54. The summed E-state index contributed by atoms with van der Waals surface area (Å²) >= 11 is 7.12. The normalized spacial score (nSPS) is 17.2. The van der Waals surface area contributed by atoms with Crippen molar-refractivity contribution in [3.63, 3.8) is 0 Å². The largest absolute Gasteiger partial charge is 0.325 e. The minimum absolute atomic E-state index is 0.0870. The second-order valence-corrected chi connectivity index (χ2v) is 6.91. The van der Waals surface area contributed by atoms with Crippen LogP contribution in [0.5, 0.6) is 0 Å². The average Bonchev–Trinajstić information content (AvgIpc) is 2.96. The van der Waals surface area contributed by atoms with Crippen molar-refractivity contribution in [2.75, 3.05) is 21.8 Å². The van der Waals surface area contributed by atoms with Gasteiger partial charge >= 0.3 is 0 Å². The van der Waals surface area contributed by atoms with Crippen molar-refractivity contribution >= 4 is 46.6 Å². The molecular weight excluding hydrogens is 344 g/mol. The fourth-order valence-electron chi connectivity index (χ4n) is 2.69. The Morgan fingerprint density at radius 2 is 2.08 bits per heavy atom. The molecule has 6 heteroatoms. The molecule has 1 fully saturated rings. The Morgan fingerprint density at radius 3 is 2.83 bits per heavy atom. The van der Waals surface area contributed by atoms with Crippen LogP contribution in [0, 0.1) is 6.92 Å². The molecule has 0 unspecified atom stereocenters. The molecule has 24 heavy (non-hydrogen) atoms. The Balaban J connectivity index is 1.91. The number of carbonyl (C=O) groups excluding carboxylic acids is 2.